The summed E-state index contributed by atoms with van der Waals surface area (Å²) in [5, 5.41) is 10.2. The van der Waals surface area contributed by atoms with Crippen LogP contribution in [-0.2, 0) is 13.0 Å². The summed E-state index contributed by atoms with van der Waals surface area (Å²) in [7, 11) is 0. The minimum absolute atomic E-state index is 0.138. The molecular formula is C27H31ClN4O2. The molecule has 1 fully saturated rings. The zero-order valence-electron chi connectivity index (χ0n) is 19.3. The molecule has 1 aliphatic heterocycles. The molecular weight excluding hydrogens is 448 g/mol. The van der Waals surface area contributed by atoms with Crippen LogP contribution in [0.3, 0.4) is 0 Å². The molecule has 1 saturated carbocycles. The summed E-state index contributed by atoms with van der Waals surface area (Å²) in [5.41, 5.74) is 10.6. The first-order chi connectivity index (χ1) is 16.5. The summed E-state index contributed by atoms with van der Waals surface area (Å²) in [6.07, 6.45) is 14.4. The van der Waals surface area contributed by atoms with Gasteiger partial charge >= 0.3 is 5.97 Å². The number of aromatic carboxylic acids is 1. The Morgan fingerprint density at radius 2 is 2.09 bits per heavy atom. The lowest BCUT2D eigenvalue weighted by Crippen LogP contribution is -2.47. The molecule has 2 aromatic rings. The standard InChI is InChI=1S/C27H31ClN4O2/c28-21-6-2-5-20(14-21)27(16-29)10-7-22(8-11-27)32-12-9-23-24(15-32)30-17-31-25(23)18-3-1-4-19(13-18)26(33)34/h1-4,6,13-14,17,20,22H,5,7-12,15-16,29H2,(H,33,34). The average Bonchev–Trinajstić information content (AvgIpc) is 2.88. The third-order valence-electron chi connectivity index (χ3n) is 8.11. The lowest BCUT2D eigenvalue weighted by Gasteiger charge is -2.47. The van der Waals surface area contributed by atoms with E-state index in [1.807, 2.05) is 12.1 Å². The fraction of sp³-hybridized carbons (Fsp3) is 0.444. The van der Waals surface area contributed by atoms with Gasteiger partial charge in [-0.15, -0.1) is 0 Å². The van der Waals surface area contributed by atoms with Crippen LogP contribution in [0.15, 0.2) is 53.9 Å². The molecule has 5 rings (SSSR count). The van der Waals surface area contributed by atoms with Crippen molar-refractivity contribution in [3.05, 3.63) is 70.7 Å². The number of carboxylic acid groups (broad SMARTS) is 1. The molecule has 1 unspecified atom stereocenters. The Kier molecular flexibility index (Phi) is 6.56. The van der Waals surface area contributed by atoms with Crippen molar-refractivity contribution in [3.63, 3.8) is 0 Å². The van der Waals surface area contributed by atoms with Gasteiger partial charge in [0.2, 0.25) is 0 Å². The zero-order valence-corrected chi connectivity index (χ0v) is 20.0. The monoisotopic (exact) mass is 478 g/mol. The van der Waals surface area contributed by atoms with Crippen LogP contribution in [0.5, 0.6) is 0 Å². The van der Waals surface area contributed by atoms with Crippen LogP contribution in [-0.4, -0.2) is 45.1 Å². The van der Waals surface area contributed by atoms with E-state index in [4.69, 9.17) is 17.3 Å². The predicted molar refractivity (Wildman–Crippen MR) is 133 cm³/mol. The van der Waals surface area contributed by atoms with E-state index >= 15 is 0 Å². The van der Waals surface area contributed by atoms with Crippen molar-refractivity contribution in [1.29, 1.82) is 0 Å². The van der Waals surface area contributed by atoms with Gasteiger partial charge in [0.1, 0.15) is 6.33 Å². The molecule has 6 nitrogen and oxygen atoms in total. The smallest absolute Gasteiger partial charge is 0.335 e. The molecule has 2 heterocycles. The molecule has 0 bridgehead atoms. The minimum Gasteiger partial charge on any atom is -0.478 e. The maximum atomic E-state index is 11.4. The number of benzene rings is 1. The molecule has 1 atom stereocenters. The molecule has 7 heteroatoms. The van der Waals surface area contributed by atoms with E-state index in [0.29, 0.717) is 18.5 Å². The number of aromatic nitrogens is 2. The van der Waals surface area contributed by atoms with Crippen molar-refractivity contribution in [2.45, 2.75) is 51.1 Å². The highest BCUT2D eigenvalue weighted by Crippen LogP contribution is 2.47. The number of hydrogen-bond acceptors (Lipinski definition) is 5. The summed E-state index contributed by atoms with van der Waals surface area (Å²) in [6, 6.07) is 7.54. The summed E-state index contributed by atoms with van der Waals surface area (Å²) in [5.74, 6) is -0.501. The van der Waals surface area contributed by atoms with E-state index in [1.54, 1.807) is 24.5 Å². The minimum atomic E-state index is -0.927. The van der Waals surface area contributed by atoms with E-state index in [2.05, 4.69) is 27.0 Å². The number of rotatable bonds is 5. The second kappa shape index (κ2) is 9.61. The van der Waals surface area contributed by atoms with Crippen molar-refractivity contribution in [2.75, 3.05) is 13.1 Å². The molecule has 34 heavy (non-hydrogen) atoms. The van der Waals surface area contributed by atoms with Gasteiger partial charge in [-0.1, -0.05) is 35.9 Å². The van der Waals surface area contributed by atoms with Crippen LogP contribution in [0.1, 0.15) is 53.7 Å². The van der Waals surface area contributed by atoms with Gasteiger partial charge in [0.05, 0.1) is 17.0 Å². The summed E-state index contributed by atoms with van der Waals surface area (Å²) >= 11 is 6.31. The maximum absolute atomic E-state index is 11.4. The third kappa shape index (κ3) is 4.42. The Morgan fingerprint density at radius 1 is 1.26 bits per heavy atom. The largest absolute Gasteiger partial charge is 0.478 e. The van der Waals surface area contributed by atoms with Gasteiger partial charge in [-0.2, -0.15) is 0 Å². The molecule has 0 spiro atoms. The number of fused-ring (bicyclic) bond motifs is 1. The van der Waals surface area contributed by atoms with Gasteiger partial charge in [-0.25, -0.2) is 14.8 Å². The number of carbonyl (C=O) groups is 1. The molecule has 3 aliphatic rings. The van der Waals surface area contributed by atoms with Gasteiger partial charge in [0.15, 0.2) is 0 Å². The van der Waals surface area contributed by atoms with Crippen molar-refractivity contribution < 1.29 is 9.90 Å². The van der Waals surface area contributed by atoms with Crippen LogP contribution in [0, 0.1) is 11.3 Å². The van der Waals surface area contributed by atoms with Crippen molar-refractivity contribution in [2.24, 2.45) is 17.1 Å². The molecule has 1 aromatic heterocycles. The first-order valence-corrected chi connectivity index (χ1v) is 12.5. The zero-order chi connectivity index (χ0) is 23.7. The quantitative estimate of drug-likeness (QED) is 0.642. The Balaban J connectivity index is 1.30. The fourth-order valence-electron chi connectivity index (χ4n) is 6.07. The van der Waals surface area contributed by atoms with Crippen LogP contribution < -0.4 is 5.73 Å². The SMILES string of the molecule is NCC1(C2C=C(Cl)C=CC2)CCC(N2CCc3c(ncnc3-c3cccc(C(=O)O)c3)C2)CC1. The predicted octanol–water partition coefficient (Wildman–Crippen LogP) is 4.79. The highest BCUT2D eigenvalue weighted by atomic mass is 35.5. The van der Waals surface area contributed by atoms with Crippen LogP contribution in [0.25, 0.3) is 11.3 Å². The maximum Gasteiger partial charge on any atom is 0.335 e. The molecule has 3 N–H and O–H groups in total. The van der Waals surface area contributed by atoms with Crippen molar-refractivity contribution in [1.82, 2.24) is 14.9 Å². The normalized spacial score (nSPS) is 27.2. The average molecular weight is 479 g/mol. The van der Waals surface area contributed by atoms with E-state index < -0.39 is 5.97 Å². The molecule has 1 aromatic carbocycles. The van der Waals surface area contributed by atoms with E-state index in [0.717, 1.165) is 79.2 Å². The van der Waals surface area contributed by atoms with Crippen LogP contribution in [0.2, 0.25) is 0 Å². The highest BCUT2D eigenvalue weighted by Gasteiger charge is 2.41. The Hall–Kier alpha value is -2.54. The number of hydrogen-bond donors (Lipinski definition) is 2. The fourth-order valence-corrected chi connectivity index (χ4v) is 6.31. The second-order valence-electron chi connectivity index (χ2n) is 9.85. The number of nitrogens with two attached hydrogens (primary N) is 1. The van der Waals surface area contributed by atoms with Gasteiger partial charge in [-0.3, -0.25) is 4.90 Å². The van der Waals surface area contributed by atoms with Gasteiger partial charge < -0.3 is 10.8 Å². The first kappa shape index (κ1) is 23.2. The van der Waals surface area contributed by atoms with Crippen LogP contribution >= 0.6 is 11.6 Å². The topological polar surface area (TPSA) is 92.3 Å². The Bertz CT molecular complexity index is 1140. The van der Waals surface area contributed by atoms with Gasteiger partial charge in [-0.05, 0) is 74.6 Å². The lowest BCUT2D eigenvalue weighted by atomic mass is 9.63. The molecule has 178 valence electrons. The molecule has 2 aliphatic carbocycles. The lowest BCUT2D eigenvalue weighted by molar-refractivity contribution is 0.0576. The molecule has 0 amide bonds. The van der Waals surface area contributed by atoms with Crippen LogP contribution in [0.4, 0.5) is 0 Å². The number of carboxylic acids is 1. The second-order valence-corrected chi connectivity index (χ2v) is 10.3. The first-order valence-electron chi connectivity index (χ1n) is 12.1. The Labute approximate surface area is 205 Å². The molecule has 0 saturated heterocycles. The summed E-state index contributed by atoms with van der Waals surface area (Å²) in [4.78, 5) is 23.1. The van der Waals surface area contributed by atoms with Gasteiger partial charge in [0.25, 0.3) is 0 Å². The number of nitrogens with zero attached hydrogens (tertiary/aromatic N) is 3. The highest BCUT2D eigenvalue weighted by molar-refractivity contribution is 6.31. The summed E-state index contributed by atoms with van der Waals surface area (Å²) < 4.78 is 0. The van der Waals surface area contributed by atoms with Crippen molar-refractivity contribution >= 4 is 17.6 Å². The Morgan fingerprint density at radius 3 is 2.82 bits per heavy atom. The third-order valence-corrected chi connectivity index (χ3v) is 8.36. The van der Waals surface area contributed by atoms with Gasteiger partial charge in [0, 0.05) is 35.3 Å². The number of allylic oxidation sites excluding steroid dienone is 4. The van der Waals surface area contributed by atoms with E-state index in [1.165, 1.54) is 0 Å². The number of halogens is 1. The van der Waals surface area contributed by atoms with E-state index in [-0.39, 0.29) is 11.0 Å². The molecule has 0 radical (unpaired) electrons. The van der Waals surface area contributed by atoms with E-state index in [9.17, 15) is 9.90 Å². The van der Waals surface area contributed by atoms with Crippen molar-refractivity contribution in [3.8, 4) is 11.3 Å². The summed E-state index contributed by atoms with van der Waals surface area (Å²) in [6.45, 7) is 2.47.